The number of methoxy groups -OCH3 is 1. The Balaban J connectivity index is 2.25. The fourth-order valence-electron chi connectivity index (χ4n) is 2.61. The van der Waals surface area contributed by atoms with Gasteiger partial charge in [0, 0.05) is 5.39 Å². The Morgan fingerprint density at radius 1 is 1.08 bits per heavy atom. The summed E-state index contributed by atoms with van der Waals surface area (Å²) >= 11 is 0. The van der Waals surface area contributed by atoms with Crippen molar-refractivity contribution in [1.29, 1.82) is 0 Å². The minimum Gasteiger partial charge on any atom is -0.497 e. The molecule has 0 N–H and O–H groups in total. The molecule has 0 saturated heterocycles. The van der Waals surface area contributed by atoms with Gasteiger partial charge in [0.25, 0.3) is 0 Å². The van der Waals surface area contributed by atoms with E-state index in [0.717, 1.165) is 27.8 Å². The zero-order valence-electron chi connectivity index (χ0n) is 14.0. The summed E-state index contributed by atoms with van der Waals surface area (Å²) in [4.78, 5) is 16.6. The van der Waals surface area contributed by atoms with Crippen LogP contribution in [0.2, 0.25) is 0 Å². The van der Waals surface area contributed by atoms with E-state index in [1.54, 1.807) is 20.1 Å². The summed E-state index contributed by atoms with van der Waals surface area (Å²) in [6.07, 6.45) is 0. The molecule has 0 spiro atoms. The molecule has 0 atom stereocenters. The molecular formula is C20H19NO3. The largest absolute Gasteiger partial charge is 0.497 e. The van der Waals surface area contributed by atoms with Crippen LogP contribution in [0.4, 0.5) is 0 Å². The molecule has 1 heterocycles. The summed E-state index contributed by atoms with van der Waals surface area (Å²) in [6.45, 7) is 4.15. The van der Waals surface area contributed by atoms with Crippen molar-refractivity contribution in [2.75, 3.05) is 13.7 Å². The van der Waals surface area contributed by atoms with Crippen molar-refractivity contribution >= 4 is 16.9 Å². The molecule has 122 valence electrons. The van der Waals surface area contributed by atoms with Gasteiger partial charge in [-0.3, -0.25) is 0 Å². The molecule has 4 nitrogen and oxygen atoms in total. The van der Waals surface area contributed by atoms with Gasteiger partial charge in [-0.2, -0.15) is 0 Å². The molecule has 3 rings (SSSR count). The van der Waals surface area contributed by atoms with Crippen LogP contribution in [-0.4, -0.2) is 24.7 Å². The van der Waals surface area contributed by atoms with Gasteiger partial charge in [-0.25, -0.2) is 9.78 Å². The standard InChI is InChI=1S/C20H19NO3/c1-4-24-20(22)19-12-16(14-7-5-13(2)6-8-14)17-11-15(23-3)9-10-18(17)21-19/h5-12H,4H2,1-3H3. The maximum absolute atomic E-state index is 12.1. The number of hydrogen-bond acceptors (Lipinski definition) is 4. The van der Waals surface area contributed by atoms with Crippen molar-refractivity contribution in [3.63, 3.8) is 0 Å². The minimum atomic E-state index is -0.413. The number of rotatable bonds is 4. The van der Waals surface area contributed by atoms with Crippen LogP contribution in [0.15, 0.2) is 48.5 Å². The SMILES string of the molecule is CCOC(=O)c1cc(-c2ccc(C)cc2)c2cc(OC)ccc2n1. The number of carbonyl (C=O) groups is 1. The van der Waals surface area contributed by atoms with Gasteiger partial charge in [0.2, 0.25) is 0 Å². The van der Waals surface area contributed by atoms with Crippen LogP contribution < -0.4 is 4.74 Å². The van der Waals surface area contributed by atoms with Gasteiger partial charge < -0.3 is 9.47 Å². The van der Waals surface area contributed by atoms with Crippen molar-refractivity contribution in [3.8, 4) is 16.9 Å². The third-order valence-corrected chi connectivity index (χ3v) is 3.86. The second-order valence-corrected chi connectivity index (χ2v) is 5.52. The first kappa shape index (κ1) is 16.0. The van der Waals surface area contributed by atoms with E-state index in [1.165, 1.54) is 5.56 Å². The van der Waals surface area contributed by atoms with E-state index >= 15 is 0 Å². The molecule has 0 radical (unpaired) electrons. The molecule has 0 aliphatic heterocycles. The number of benzene rings is 2. The zero-order chi connectivity index (χ0) is 17.1. The minimum absolute atomic E-state index is 0.310. The maximum Gasteiger partial charge on any atom is 0.356 e. The van der Waals surface area contributed by atoms with E-state index in [-0.39, 0.29) is 0 Å². The van der Waals surface area contributed by atoms with Crippen LogP contribution in [0, 0.1) is 6.92 Å². The highest BCUT2D eigenvalue weighted by Crippen LogP contribution is 2.31. The summed E-state index contributed by atoms with van der Waals surface area (Å²) in [5.41, 5.74) is 4.18. The van der Waals surface area contributed by atoms with Crippen molar-refractivity contribution in [3.05, 3.63) is 59.8 Å². The smallest absolute Gasteiger partial charge is 0.356 e. The molecule has 3 aromatic rings. The maximum atomic E-state index is 12.1. The number of hydrogen-bond donors (Lipinski definition) is 0. The number of ether oxygens (including phenoxy) is 2. The van der Waals surface area contributed by atoms with Gasteiger partial charge in [-0.05, 0) is 49.2 Å². The van der Waals surface area contributed by atoms with Crippen molar-refractivity contribution in [1.82, 2.24) is 4.98 Å². The van der Waals surface area contributed by atoms with E-state index < -0.39 is 5.97 Å². The molecule has 0 amide bonds. The number of fused-ring (bicyclic) bond motifs is 1. The van der Waals surface area contributed by atoms with E-state index in [1.807, 2.05) is 49.4 Å². The summed E-state index contributed by atoms with van der Waals surface area (Å²) in [7, 11) is 1.63. The number of carbonyl (C=O) groups excluding carboxylic acids is 1. The lowest BCUT2D eigenvalue weighted by molar-refractivity contribution is 0.0520. The summed E-state index contributed by atoms with van der Waals surface area (Å²) < 4.78 is 10.4. The van der Waals surface area contributed by atoms with Gasteiger partial charge in [0.05, 0.1) is 19.2 Å². The molecule has 0 aliphatic carbocycles. The first-order valence-electron chi connectivity index (χ1n) is 7.85. The molecular weight excluding hydrogens is 302 g/mol. The van der Waals surface area contributed by atoms with E-state index in [2.05, 4.69) is 4.98 Å². The quantitative estimate of drug-likeness (QED) is 0.668. The van der Waals surface area contributed by atoms with Gasteiger partial charge >= 0.3 is 5.97 Å². The van der Waals surface area contributed by atoms with E-state index in [9.17, 15) is 4.79 Å². The summed E-state index contributed by atoms with van der Waals surface area (Å²) in [5, 5.41) is 0.936. The van der Waals surface area contributed by atoms with E-state index in [0.29, 0.717) is 12.3 Å². The topological polar surface area (TPSA) is 48.4 Å². The van der Waals surface area contributed by atoms with Crippen molar-refractivity contribution in [2.24, 2.45) is 0 Å². The molecule has 0 bridgehead atoms. The molecule has 0 fully saturated rings. The monoisotopic (exact) mass is 321 g/mol. The Labute approximate surface area is 141 Å². The average molecular weight is 321 g/mol. The van der Waals surface area contributed by atoms with Gasteiger partial charge in [0.15, 0.2) is 0 Å². The molecule has 2 aromatic carbocycles. The first-order chi connectivity index (χ1) is 11.6. The Morgan fingerprint density at radius 2 is 1.83 bits per heavy atom. The Bertz CT molecular complexity index is 885. The lowest BCUT2D eigenvalue weighted by atomic mass is 9.99. The highest BCUT2D eigenvalue weighted by atomic mass is 16.5. The highest BCUT2D eigenvalue weighted by Gasteiger charge is 2.14. The van der Waals surface area contributed by atoms with Crippen LogP contribution in [0.1, 0.15) is 23.0 Å². The average Bonchev–Trinajstić information content (AvgIpc) is 2.61. The number of aryl methyl sites for hydroxylation is 1. The number of pyridine rings is 1. The van der Waals surface area contributed by atoms with Crippen LogP contribution in [0.5, 0.6) is 5.75 Å². The van der Waals surface area contributed by atoms with Crippen molar-refractivity contribution in [2.45, 2.75) is 13.8 Å². The molecule has 24 heavy (non-hydrogen) atoms. The third-order valence-electron chi connectivity index (χ3n) is 3.86. The normalized spacial score (nSPS) is 10.6. The molecule has 0 aliphatic rings. The third kappa shape index (κ3) is 3.08. The van der Waals surface area contributed by atoms with Gasteiger partial charge in [-0.1, -0.05) is 29.8 Å². The van der Waals surface area contributed by atoms with Crippen LogP contribution in [-0.2, 0) is 4.74 Å². The second-order valence-electron chi connectivity index (χ2n) is 5.52. The predicted molar refractivity (Wildman–Crippen MR) is 94.4 cm³/mol. The molecule has 4 heteroatoms. The number of aromatic nitrogens is 1. The van der Waals surface area contributed by atoms with Crippen LogP contribution in [0.25, 0.3) is 22.0 Å². The number of nitrogens with zero attached hydrogens (tertiary/aromatic N) is 1. The van der Waals surface area contributed by atoms with Gasteiger partial charge in [-0.15, -0.1) is 0 Å². The fourth-order valence-corrected chi connectivity index (χ4v) is 2.61. The first-order valence-corrected chi connectivity index (χ1v) is 7.85. The Kier molecular flexibility index (Phi) is 4.47. The predicted octanol–water partition coefficient (Wildman–Crippen LogP) is 4.40. The lowest BCUT2D eigenvalue weighted by Crippen LogP contribution is -2.07. The summed E-state index contributed by atoms with van der Waals surface area (Å²) in [5.74, 6) is 0.338. The zero-order valence-corrected chi connectivity index (χ0v) is 14.0. The Morgan fingerprint density at radius 3 is 2.50 bits per heavy atom. The molecule has 1 aromatic heterocycles. The summed E-state index contributed by atoms with van der Waals surface area (Å²) in [6, 6.07) is 15.6. The molecule has 0 unspecified atom stereocenters. The van der Waals surface area contributed by atoms with Crippen LogP contribution >= 0.6 is 0 Å². The highest BCUT2D eigenvalue weighted by molar-refractivity contribution is 6.00. The number of esters is 1. The second kappa shape index (κ2) is 6.71. The lowest BCUT2D eigenvalue weighted by Gasteiger charge is -2.11. The van der Waals surface area contributed by atoms with Gasteiger partial charge in [0.1, 0.15) is 11.4 Å². The molecule has 0 saturated carbocycles. The van der Waals surface area contributed by atoms with E-state index in [4.69, 9.17) is 9.47 Å². The van der Waals surface area contributed by atoms with Crippen LogP contribution in [0.3, 0.4) is 0 Å². The fraction of sp³-hybridized carbons (Fsp3) is 0.200. The van der Waals surface area contributed by atoms with Crippen molar-refractivity contribution < 1.29 is 14.3 Å². The Hall–Kier alpha value is -2.88.